The quantitative estimate of drug-likeness (QED) is 0.715. The van der Waals surface area contributed by atoms with Crippen LogP contribution in [-0.4, -0.2) is 45.0 Å². The number of rotatable bonds is 4. The Hall–Kier alpha value is -0.620. The molecule has 0 aromatic carbocycles. The average Bonchev–Trinajstić information content (AvgIpc) is 2.16. The van der Waals surface area contributed by atoms with Crippen LogP contribution in [0.4, 0.5) is 0 Å². The van der Waals surface area contributed by atoms with Gasteiger partial charge in [-0.3, -0.25) is 4.79 Å². The summed E-state index contributed by atoms with van der Waals surface area (Å²) in [4.78, 5) is 11.7. The van der Waals surface area contributed by atoms with Gasteiger partial charge in [0, 0.05) is 12.3 Å². The van der Waals surface area contributed by atoms with Crippen LogP contribution in [0.25, 0.3) is 0 Å². The first kappa shape index (κ1) is 13.4. The minimum Gasteiger partial charge on any atom is -0.351 e. The molecule has 0 radical (unpaired) electrons. The number of amides is 1. The van der Waals surface area contributed by atoms with Crippen LogP contribution in [0.5, 0.6) is 0 Å². The van der Waals surface area contributed by atoms with Crippen LogP contribution in [0.2, 0.25) is 0 Å². The number of sulfone groups is 1. The van der Waals surface area contributed by atoms with Crippen molar-refractivity contribution >= 4 is 15.7 Å². The van der Waals surface area contributed by atoms with Crippen molar-refractivity contribution in [3.05, 3.63) is 0 Å². The lowest BCUT2D eigenvalue weighted by Gasteiger charge is -2.24. The van der Waals surface area contributed by atoms with Crippen molar-refractivity contribution in [3.63, 3.8) is 0 Å². The second-order valence-electron chi connectivity index (χ2n) is 4.50. The summed E-state index contributed by atoms with van der Waals surface area (Å²) >= 11 is 0. The molecule has 1 rings (SSSR count). The van der Waals surface area contributed by atoms with Crippen molar-refractivity contribution in [1.82, 2.24) is 10.6 Å². The van der Waals surface area contributed by atoms with Crippen molar-refractivity contribution in [3.8, 4) is 0 Å². The van der Waals surface area contributed by atoms with E-state index in [0.717, 1.165) is 25.8 Å². The largest absolute Gasteiger partial charge is 0.351 e. The smallest absolute Gasteiger partial charge is 0.237 e. The van der Waals surface area contributed by atoms with E-state index in [2.05, 4.69) is 10.6 Å². The van der Waals surface area contributed by atoms with E-state index >= 15 is 0 Å². The highest BCUT2D eigenvalue weighted by atomic mass is 32.2. The molecular weight excluding hydrogens is 228 g/mol. The number of nitrogens with one attached hydrogen (secondary N) is 2. The van der Waals surface area contributed by atoms with E-state index in [4.69, 9.17) is 0 Å². The van der Waals surface area contributed by atoms with Crippen LogP contribution in [0.3, 0.4) is 0 Å². The van der Waals surface area contributed by atoms with E-state index < -0.39 is 9.84 Å². The van der Waals surface area contributed by atoms with E-state index in [9.17, 15) is 13.2 Å². The highest BCUT2D eigenvalue weighted by Gasteiger charge is 2.22. The standard InChI is InChI=1S/C10H20N2O3S/c1-8(7-16(2,14)15)12-10(13)9-5-3-4-6-11-9/h8-9,11H,3-7H2,1-2H3,(H,12,13)/t8?,9-/m1/s1. The van der Waals surface area contributed by atoms with Gasteiger partial charge < -0.3 is 10.6 Å². The summed E-state index contributed by atoms with van der Waals surface area (Å²) in [6, 6.07) is -0.484. The van der Waals surface area contributed by atoms with Gasteiger partial charge in [0.1, 0.15) is 9.84 Å². The predicted molar refractivity (Wildman–Crippen MR) is 63.0 cm³/mol. The zero-order valence-electron chi connectivity index (χ0n) is 9.82. The van der Waals surface area contributed by atoms with Crippen molar-refractivity contribution < 1.29 is 13.2 Å². The Morgan fingerprint density at radius 2 is 2.19 bits per heavy atom. The molecule has 0 saturated carbocycles. The fourth-order valence-electron chi connectivity index (χ4n) is 1.91. The van der Waals surface area contributed by atoms with Gasteiger partial charge in [-0.2, -0.15) is 0 Å². The summed E-state index contributed by atoms with van der Waals surface area (Å²) in [6.07, 6.45) is 4.15. The second kappa shape index (κ2) is 5.63. The lowest BCUT2D eigenvalue weighted by molar-refractivity contribution is -0.124. The molecule has 1 heterocycles. The monoisotopic (exact) mass is 248 g/mol. The molecule has 1 aliphatic rings. The summed E-state index contributed by atoms with van der Waals surface area (Å²) < 4.78 is 22.1. The second-order valence-corrected chi connectivity index (χ2v) is 6.69. The molecular formula is C10H20N2O3S. The molecule has 94 valence electrons. The molecule has 6 heteroatoms. The molecule has 2 N–H and O–H groups in total. The third-order valence-electron chi connectivity index (χ3n) is 2.57. The number of hydrogen-bond donors (Lipinski definition) is 2. The van der Waals surface area contributed by atoms with Crippen molar-refractivity contribution in [2.75, 3.05) is 18.6 Å². The Balaban J connectivity index is 2.38. The Labute approximate surface area is 96.9 Å². The van der Waals surface area contributed by atoms with Crippen LogP contribution >= 0.6 is 0 Å². The Morgan fingerprint density at radius 3 is 2.69 bits per heavy atom. The van der Waals surface area contributed by atoms with Crippen LogP contribution in [0.1, 0.15) is 26.2 Å². The van der Waals surface area contributed by atoms with Crippen LogP contribution in [-0.2, 0) is 14.6 Å². The lowest BCUT2D eigenvalue weighted by Crippen LogP contribution is -2.50. The van der Waals surface area contributed by atoms with Gasteiger partial charge in [-0.15, -0.1) is 0 Å². The zero-order chi connectivity index (χ0) is 12.2. The van der Waals surface area contributed by atoms with E-state index in [1.165, 1.54) is 6.26 Å². The fourth-order valence-corrected chi connectivity index (χ4v) is 2.91. The van der Waals surface area contributed by atoms with E-state index in [1.54, 1.807) is 6.92 Å². The van der Waals surface area contributed by atoms with E-state index in [-0.39, 0.29) is 23.7 Å². The van der Waals surface area contributed by atoms with Gasteiger partial charge in [0.05, 0.1) is 11.8 Å². The summed E-state index contributed by atoms with van der Waals surface area (Å²) in [5, 5.41) is 5.85. The molecule has 1 amide bonds. The molecule has 0 spiro atoms. The average molecular weight is 248 g/mol. The molecule has 1 unspecified atom stereocenters. The maximum Gasteiger partial charge on any atom is 0.237 e. The Morgan fingerprint density at radius 1 is 1.50 bits per heavy atom. The summed E-state index contributed by atoms with van der Waals surface area (Å²) in [6.45, 7) is 2.57. The molecule has 0 aromatic heterocycles. The minimum atomic E-state index is -3.03. The number of carbonyl (C=O) groups is 1. The first-order chi connectivity index (χ1) is 7.38. The maximum absolute atomic E-state index is 11.7. The van der Waals surface area contributed by atoms with Crippen molar-refractivity contribution in [1.29, 1.82) is 0 Å². The van der Waals surface area contributed by atoms with Gasteiger partial charge >= 0.3 is 0 Å². The number of piperidine rings is 1. The summed E-state index contributed by atoms with van der Waals surface area (Å²) in [7, 11) is -3.03. The third kappa shape index (κ3) is 4.94. The first-order valence-corrected chi connectivity index (χ1v) is 7.66. The van der Waals surface area contributed by atoms with Gasteiger partial charge in [-0.05, 0) is 26.3 Å². The SMILES string of the molecule is CC(CS(C)(=O)=O)NC(=O)[C@H]1CCCCN1. The Kier molecular flexibility index (Phi) is 4.73. The summed E-state index contributed by atoms with van der Waals surface area (Å²) in [5.74, 6) is -0.0956. The van der Waals surface area contributed by atoms with Gasteiger partial charge in [0.25, 0.3) is 0 Å². The highest BCUT2D eigenvalue weighted by molar-refractivity contribution is 7.90. The Bertz CT molecular complexity index is 334. The molecule has 5 nitrogen and oxygen atoms in total. The normalized spacial score (nSPS) is 23.8. The van der Waals surface area contributed by atoms with Crippen molar-refractivity contribution in [2.45, 2.75) is 38.3 Å². The maximum atomic E-state index is 11.7. The first-order valence-electron chi connectivity index (χ1n) is 5.60. The van der Waals surface area contributed by atoms with Crippen LogP contribution in [0.15, 0.2) is 0 Å². The number of hydrogen-bond acceptors (Lipinski definition) is 4. The van der Waals surface area contributed by atoms with Crippen molar-refractivity contribution in [2.24, 2.45) is 0 Å². The number of carbonyl (C=O) groups excluding carboxylic acids is 1. The third-order valence-corrected chi connectivity index (χ3v) is 3.67. The highest BCUT2D eigenvalue weighted by Crippen LogP contribution is 2.07. The van der Waals surface area contributed by atoms with E-state index in [0.29, 0.717) is 0 Å². The molecule has 1 aliphatic heterocycles. The molecule has 0 aromatic rings. The van der Waals surface area contributed by atoms with Crippen LogP contribution < -0.4 is 10.6 Å². The van der Waals surface area contributed by atoms with Gasteiger partial charge in [0.2, 0.25) is 5.91 Å². The molecule has 1 saturated heterocycles. The lowest BCUT2D eigenvalue weighted by atomic mass is 10.0. The molecule has 1 fully saturated rings. The minimum absolute atomic E-state index is 0.00847. The topological polar surface area (TPSA) is 75.3 Å². The van der Waals surface area contributed by atoms with Gasteiger partial charge in [-0.1, -0.05) is 6.42 Å². The molecule has 0 bridgehead atoms. The molecule has 0 aliphatic carbocycles. The van der Waals surface area contributed by atoms with Gasteiger partial charge in [0.15, 0.2) is 0 Å². The summed E-state index contributed by atoms with van der Waals surface area (Å²) in [5.41, 5.74) is 0. The molecule has 2 atom stereocenters. The fraction of sp³-hybridized carbons (Fsp3) is 0.900. The molecule has 16 heavy (non-hydrogen) atoms. The van der Waals surface area contributed by atoms with E-state index in [1.807, 2.05) is 0 Å². The van der Waals surface area contributed by atoms with Crippen LogP contribution in [0, 0.1) is 0 Å². The van der Waals surface area contributed by atoms with Gasteiger partial charge in [-0.25, -0.2) is 8.42 Å². The zero-order valence-corrected chi connectivity index (χ0v) is 10.6. The predicted octanol–water partition coefficient (Wildman–Crippen LogP) is -0.322.